The van der Waals surface area contributed by atoms with E-state index in [1.165, 1.54) is 6.07 Å². The summed E-state index contributed by atoms with van der Waals surface area (Å²) in [5.74, 6) is 0. The van der Waals surface area contributed by atoms with Gasteiger partial charge in [0.15, 0.2) is 0 Å². The Bertz CT molecular complexity index is 487. The number of aliphatic imine (C=N–C) groups is 1. The molecule has 0 aliphatic heterocycles. The monoisotopic (exact) mass is 251 g/mol. The molecule has 0 heterocycles. The van der Waals surface area contributed by atoms with Gasteiger partial charge in [-0.05, 0) is 25.3 Å². The first-order valence-corrected chi connectivity index (χ1v) is 6.07. The second-order valence-electron chi connectivity index (χ2n) is 4.83. The van der Waals surface area contributed by atoms with E-state index in [0.717, 1.165) is 18.4 Å². The Morgan fingerprint density at radius 2 is 2.00 bits per heavy atom. The third kappa shape index (κ3) is 2.21. The quantitative estimate of drug-likeness (QED) is 0.589. The van der Waals surface area contributed by atoms with Gasteiger partial charge in [-0.15, -0.1) is 0 Å². The fourth-order valence-corrected chi connectivity index (χ4v) is 2.75. The highest BCUT2D eigenvalue weighted by atomic mass is 19.3. The van der Waals surface area contributed by atoms with Crippen LogP contribution in [0.3, 0.4) is 0 Å². The molecule has 1 aliphatic carbocycles. The van der Waals surface area contributed by atoms with Crippen LogP contribution in [0.1, 0.15) is 48.8 Å². The minimum atomic E-state index is -2.54. The molecule has 0 atom stereocenters. The molecular weight excluding hydrogens is 236 g/mol. The second-order valence-corrected chi connectivity index (χ2v) is 4.83. The number of nitrogens with zero attached hydrogens (tertiary/aromatic N) is 1. The van der Waals surface area contributed by atoms with E-state index in [1.54, 1.807) is 18.2 Å². The zero-order valence-corrected chi connectivity index (χ0v) is 10.2. The molecule has 1 aromatic carbocycles. The molecule has 0 unspecified atom stereocenters. The standard InChI is InChI=1S/C14H15F2NO/c1-10-4-5-11(13(15)16)12(8-10)14(17-9-18)6-2-3-7-14/h4-5,8,13H,2-3,6-7H2,1H3. The molecule has 0 saturated heterocycles. The van der Waals surface area contributed by atoms with Crippen LogP contribution in [0.4, 0.5) is 8.78 Å². The van der Waals surface area contributed by atoms with Crippen LogP contribution in [0.15, 0.2) is 23.2 Å². The second kappa shape index (κ2) is 4.99. The maximum Gasteiger partial charge on any atom is 0.264 e. The smallest absolute Gasteiger partial charge is 0.211 e. The van der Waals surface area contributed by atoms with Gasteiger partial charge in [0.1, 0.15) is 0 Å². The van der Waals surface area contributed by atoms with Crippen molar-refractivity contribution in [3.05, 3.63) is 34.9 Å². The van der Waals surface area contributed by atoms with Crippen molar-refractivity contribution < 1.29 is 13.6 Å². The SMILES string of the molecule is Cc1ccc(C(F)F)c(C2(N=C=O)CCCC2)c1. The van der Waals surface area contributed by atoms with E-state index < -0.39 is 12.0 Å². The Morgan fingerprint density at radius 1 is 1.33 bits per heavy atom. The maximum atomic E-state index is 13.1. The molecule has 0 radical (unpaired) electrons. The number of carbonyl (C=O) groups excluding carboxylic acids is 1. The number of hydrogen-bond donors (Lipinski definition) is 0. The van der Waals surface area contributed by atoms with Crippen molar-refractivity contribution >= 4 is 6.08 Å². The third-order valence-corrected chi connectivity index (χ3v) is 3.64. The van der Waals surface area contributed by atoms with Gasteiger partial charge in [-0.25, -0.2) is 13.6 Å². The fraction of sp³-hybridized carbons (Fsp3) is 0.500. The zero-order valence-electron chi connectivity index (χ0n) is 10.2. The minimum absolute atomic E-state index is 0.0125. The molecule has 2 nitrogen and oxygen atoms in total. The lowest BCUT2D eigenvalue weighted by Crippen LogP contribution is -2.21. The molecule has 0 N–H and O–H groups in total. The summed E-state index contributed by atoms with van der Waals surface area (Å²) < 4.78 is 26.2. The van der Waals surface area contributed by atoms with Crippen LogP contribution >= 0.6 is 0 Å². The Balaban J connectivity index is 2.59. The van der Waals surface area contributed by atoms with Crippen molar-refractivity contribution in [3.63, 3.8) is 0 Å². The van der Waals surface area contributed by atoms with Crippen molar-refractivity contribution in [2.75, 3.05) is 0 Å². The predicted octanol–water partition coefficient (Wildman–Crippen LogP) is 4.04. The summed E-state index contributed by atoms with van der Waals surface area (Å²) in [5, 5.41) is 0. The topological polar surface area (TPSA) is 29.4 Å². The number of halogens is 2. The molecule has 4 heteroatoms. The lowest BCUT2D eigenvalue weighted by Gasteiger charge is -2.26. The fourth-order valence-electron chi connectivity index (χ4n) is 2.75. The Labute approximate surface area is 105 Å². The first-order chi connectivity index (χ1) is 8.59. The first-order valence-electron chi connectivity index (χ1n) is 6.07. The predicted molar refractivity (Wildman–Crippen MR) is 64.4 cm³/mol. The molecule has 0 aromatic heterocycles. The molecule has 18 heavy (non-hydrogen) atoms. The average Bonchev–Trinajstić information content (AvgIpc) is 2.79. The summed E-state index contributed by atoms with van der Waals surface area (Å²) in [6.45, 7) is 1.85. The number of benzene rings is 1. The number of rotatable bonds is 3. The maximum absolute atomic E-state index is 13.1. The highest BCUT2D eigenvalue weighted by Crippen LogP contribution is 2.45. The lowest BCUT2D eigenvalue weighted by molar-refractivity contribution is 0.148. The molecule has 1 saturated carbocycles. The van der Waals surface area contributed by atoms with Crippen LogP contribution in [0.25, 0.3) is 0 Å². The van der Waals surface area contributed by atoms with Gasteiger partial charge >= 0.3 is 0 Å². The largest absolute Gasteiger partial charge is 0.264 e. The van der Waals surface area contributed by atoms with Crippen molar-refractivity contribution in [1.82, 2.24) is 0 Å². The van der Waals surface area contributed by atoms with Crippen molar-refractivity contribution in [1.29, 1.82) is 0 Å². The van der Waals surface area contributed by atoms with E-state index in [2.05, 4.69) is 4.99 Å². The van der Waals surface area contributed by atoms with Crippen LogP contribution in [0.5, 0.6) is 0 Å². The summed E-state index contributed by atoms with van der Waals surface area (Å²) in [4.78, 5) is 14.5. The van der Waals surface area contributed by atoms with E-state index >= 15 is 0 Å². The molecule has 0 bridgehead atoms. The third-order valence-electron chi connectivity index (χ3n) is 3.64. The van der Waals surface area contributed by atoms with E-state index in [4.69, 9.17) is 0 Å². The summed E-state index contributed by atoms with van der Waals surface area (Å²) in [6, 6.07) is 4.83. The van der Waals surface area contributed by atoms with Gasteiger partial charge in [-0.1, -0.05) is 36.6 Å². The molecule has 1 aromatic rings. The zero-order chi connectivity index (χ0) is 13.2. The van der Waals surface area contributed by atoms with Gasteiger partial charge < -0.3 is 0 Å². The Kier molecular flexibility index (Phi) is 3.58. The normalized spacial score (nSPS) is 17.8. The van der Waals surface area contributed by atoms with E-state index in [-0.39, 0.29) is 5.56 Å². The van der Waals surface area contributed by atoms with Gasteiger partial charge in [0.05, 0.1) is 5.54 Å². The number of isocyanates is 1. The summed E-state index contributed by atoms with van der Waals surface area (Å²) in [7, 11) is 0. The van der Waals surface area contributed by atoms with Crippen LogP contribution in [-0.2, 0) is 10.3 Å². The molecule has 1 fully saturated rings. The number of aryl methyl sites for hydroxylation is 1. The highest BCUT2D eigenvalue weighted by Gasteiger charge is 2.38. The van der Waals surface area contributed by atoms with E-state index in [1.807, 2.05) is 6.92 Å². The average molecular weight is 251 g/mol. The lowest BCUT2D eigenvalue weighted by atomic mass is 9.84. The first kappa shape index (κ1) is 12.9. The molecule has 0 amide bonds. The number of hydrogen-bond acceptors (Lipinski definition) is 2. The Morgan fingerprint density at radius 3 is 2.56 bits per heavy atom. The van der Waals surface area contributed by atoms with Crippen molar-refractivity contribution in [3.8, 4) is 0 Å². The Hall–Kier alpha value is -1.54. The van der Waals surface area contributed by atoms with Crippen LogP contribution < -0.4 is 0 Å². The van der Waals surface area contributed by atoms with Crippen molar-refractivity contribution in [2.24, 2.45) is 4.99 Å². The summed E-state index contributed by atoms with van der Waals surface area (Å²) >= 11 is 0. The molecule has 1 aliphatic rings. The van der Waals surface area contributed by atoms with Gasteiger partial charge in [0.25, 0.3) is 6.43 Å². The molecule has 96 valence electrons. The van der Waals surface area contributed by atoms with E-state index in [9.17, 15) is 13.6 Å². The summed E-state index contributed by atoms with van der Waals surface area (Å²) in [6.07, 6.45) is 2.12. The van der Waals surface area contributed by atoms with Crippen molar-refractivity contribution in [2.45, 2.75) is 44.6 Å². The number of alkyl halides is 2. The molecular formula is C14H15F2NO. The van der Waals surface area contributed by atoms with E-state index in [0.29, 0.717) is 18.4 Å². The highest BCUT2D eigenvalue weighted by molar-refractivity contribution is 5.43. The van der Waals surface area contributed by atoms with Gasteiger partial charge in [-0.3, -0.25) is 0 Å². The van der Waals surface area contributed by atoms with Crippen LogP contribution in [0.2, 0.25) is 0 Å². The minimum Gasteiger partial charge on any atom is -0.211 e. The van der Waals surface area contributed by atoms with Gasteiger partial charge in [0.2, 0.25) is 6.08 Å². The van der Waals surface area contributed by atoms with Gasteiger partial charge in [-0.2, -0.15) is 4.99 Å². The molecule has 0 spiro atoms. The molecule has 2 rings (SSSR count). The van der Waals surface area contributed by atoms with Crippen LogP contribution in [0, 0.1) is 6.92 Å². The van der Waals surface area contributed by atoms with Crippen LogP contribution in [-0.4, -0.2) is 6.08 Å². The van der Waals surface area contributed by atoms with Gasteiger partial charge in [0, 0.05) is 5.56 Å². The summed E-state index contributed by atoms with van der Waals surface area (Å²) in [5.41, 5.74) is 0.612.